The molecule has 2 heterocycles. The summed E-state index contributed by atoms with van der Waals surface area (Å²) >= 11 is 0. The van der Waals surface area contributed by atoms with Gasteiger partial charge in [-0.25, -0.2) is 4.79 Å². The molecule has 3 aromatic rings. The van der Waals surface area contributed by atoms with E-state index in [1.54, 1.807) is 60.4 Å². The van der Waals surface area contributed by atoms with Crippen molar-refractivity contribution in [3.63, 3.8) is 0 Å². The summed E-state index contributed by atoms with van der Waals surface area (Å²) in [5.41, 5.74) is 0.225. The van der Waals surface area contributed by atoms with Crippen LogP contribution in [0.15, 0.2) is 59.4 Å². The molecule has 0 spiro atoms. The average Bonchev–Trinajstić information content (AvgIpc) is 3.09. The number of nitrogens with zero attached hydrogens (tertiary/aromatic N) is 3. The van der Waals surface area contributed by atoms with Crippen LogP contribution in [0.4, 0.5) is 0 Å². The van der Waals surface area contributed by atoms with Crippen molar-refractivity contribution in [2.45, 2.75) is 38.7 Å². The predicted octanol–water partition coefficient (Wildman–Crippen LogP) is 3.33. The number of fused-ring (bicyclic) bond motifs is 1. The van der Waals surface area contributed by atoms with Gasteiger partial charge in [0.1, 0.15) is 0 Å². The third kappa shape index (κ3) is 4.35. The van der Waals surface area contributed by atoms with Crippen molar-refractivity contribution in [1.29, 1.82) is 0 Å². The van der Waals surface area contributed by atoms with Crippen molar-refractivity contribution in [2.75, 3.05) is 13.1 Å². The summed E-state index contributed by atoms with van der Waals surface area (Å²) in [6.45, 7) is 2.95. The number of rotatable bonds is 4. The highest BCUT2D eigenvalue weighted by Crippen LogP contribution is 2.18. The molecule has 4 rings (SSSR count). The number of carbonyl (C=O) groups is 2. The first-order chi connectivity index (χ1) is 15.1. The van der Waals surface area contributed by atoms with Gasteiger partial charge in [-0.1, -0.05) is 49.2 Å². The zero-order valence-corrected chi connectivity index (χ0v) is 17.5. The van der Waals surface area contributed by atoms with E-state index < -0.39 is 12.1 Å². The summed E-state index contributed by atoms with van der Waals surface area (Å²) in [7, 11) is 0. The van der Waals surface area contributed by atoms with E-state index in [1.807, 2.05) is 6.07 Å². The number of para-hydroxylation sites is 1. The molecule has 1 fully saturated rings. The van der Waals surface area contributed by atoms with Crippen LogP contribution in [0.3, 0.4) is 0 Å². The molecule has 0 radical (unpaired) electrons. The van der Waals surface area contributed by atoms with Gasteiger partial charge in [-0.15, -0.1) is 0 Å². The number of esters is 1. The van der Waals surface area contributed by atoms with Crippen molar-refractivity contribution >= 4 is 22.6 Å². The molecule has 31 heavy (non-hydrogen) atoms. The van der Waals surface area contributed by atoms with Crippen molar-refractivity contribution in [3.05, 3.63) is 70.6 Å². The Morgan fingerprint density at radius 3 is 2.19 bits per heavy atom. The average molecular weight is 419 g/mol. The molecule has 7 heteroatoms. The van der Waals surface area contributed by atoms with E-state index in [2.05, 4.69) is 5.10 Å². The van der Waals surface area contributed by atoms with Gasteiger partial charge in [0.25, 0.3) is 11.5 Å². The molecule has 0 saturated carbocycles. The number of ether oxygens (including phenoxy) is 1. The standard InChI is InChI=1S/C24H25N3O4/c1-17(22(28)26-15-9-2-3-10-16-26)31-24(30)21-19-13-7-8-14-20(19)23(29)27(25-21)18-11-5-4-6-12-18/h4-8,11-14,17H,2-3,9-10,15-16H2,1H3/t17-/m0/s1. The second kappa shape index (κ2) is 9.12. The summed E-state index contributed by atoms with van der Waals surface area (Å²) < 4.78 is 6.72. The first kappa shape index (κ1) is 20.8. The monoisotopic (exact) mass is 419 g/mol. The third-order valence-electron chi connectivity index (χ3n) is 5.55. The van der Waals surface area contributed by atoms with Gasteiger partial charge in [0.2, 0.25) is 0 Å². The highest BCUT2D eigenvalue weighted by Gasteiger charge is 2.27. The SMILES string of the molecule is C[C@H](OC(=O)c1nn(-c2ccccc2)c(=O)c2ccccc12)C(=O)N1CCCCCC1. The Kier molecular flexibility index (Phi) is 6.11. The maximum absolute atomic E-state index is 13.0. The quantitative estimate of drug-likeness (QED) is 0.606. The number of benzene rings is 2. The van der Waals surface area contributed by atoms with Crippen LogP contribution in [-0.4, -0.2) is 45.8 Å². The van der Waals surface area contributed by atoms with Gasteiger partial charge >= 0.3 is 5.97 Å². The lowest BCUT2D eigenvalue weighted by Gasteiger charge is -2.24. The molecule has 2 aromatic carbocycles. The number of hydrogen-bond acceptors (Lipinski definition) is 5. The van der Waals surface area contributed by atoms with E-state index in [1.165, 1.54) is 4.68 Å². The first-order valence-corrected chi connectivity index (χ1v) is 10.6. The van der Waals surface area contributed by atoms with Crippen molar-refractivity contribution < 1.29 is 14.3 Å². The van der Waals surface area contributed by atoms with E-state index in [-0.39, 0.29) is 17.2 Å². The van der Waals surface area contributed by atoms with Gasteiger partial charge in [-0.3, -0.25) is 9.59 Å². The number of amides is 1. The van der Waals surface area contributed by atoms with E-state index in [4.69, 9.17) is 4.74 Å². The van der Waals surface area contributed by atoms with E-state index in [0.717, 1.165) is 25.7 Å². The topological polar surface area (TPSA) is 81.5 Å². The Morgan fingerprint density at radius 2 is 1.52 bits per heavy atom. The third-order valence-corrected chi connectivity index (χ3v) is 5.55. The van der Waals surface area contributed by atoms with Gasteiger partial charge in [-0.2, -0.15) is 9.78 Å². The molecule has 1 saturated heterocycles. The lowest BCUT2D eigenvalue weighted by molar-refractivity contribution is -0.139. The molecular formula is C24H25N3O4. The Bertz CT molecular complexity index is 1150. The van der Waals surface area contributed by atoms with Crippen molar-refractivity contribution in [3.8, 4) is 5.69 Å². The van der Waals surface area contributed by atoms with Gasteiger partial charge in [-0.05, 0) is 38.0 Å². The lowest BCUT2D eigenvalue weighted by Crippen LogP contribution is -2.40. The fourth-order valence-electron chi connectivity index (χ4n) is 3.90. The molecular weight excluding hydrogens is 394 g/mol. The molecule has 0 bridgehead atoms. The molecule has 1 aliphatic heterocycles. The first-order valence-electron chi connectivity index (χ1n) is 10.6. The molecule has 0 unspecified atom stereocenters. The second-order valence-electron chi connectivity index (χ2n) is 7.73. The fourth-order valence-corrected chi connectivity index (χ4v) is 3.90. The number of aromatic nitrogens is 2. The zero-order valence-electron chi connectivity index (χ0n) is 17.5. The highest BCUT2D eigenvalue weighted by molar-refractivity contribution is 6.03. The van der Waals surface area contributed by atoms with Crippen LogP contribution in [0.5, 0.6) is 0 Å². The molecule has 7 nitrogen and oxygen atoms in total. The lowest BCUT2D eigenvalue weighted by atomic mass is 10.1. The normalized spacial score (nSPS) is 15.3. The second-order valence-corrected chi connectivity index (χ2v) is 7.73. The maximum atomic E-state index is 13.0. The largest absolute Gasteiger partial charge is 0.448 e. The molecule has 1 aromatic heterocycles. The van der Waals surface area contributed by atoms with Gasteiger partial charge < -0.3 is 9.64 Å². The van der Waals surface area contributed by atoms with Crippen LogP contribution in [0.1, 0.15) is 43.1 Å². The summed E-state index contributed by atoms with van der Waals surface area (Å²) in [6.07, 6.45) is 3.20. The van der Waals surface area contributed by atoms with Gasteiger partial charge in [0.05, 0.1) is 11.1 Å². The van der Waals surface area contributed by atoms with Crippen LogP contribution >= 0.6 is 0 Å². The molecule has 160 valence electrons. The molecule has 0 aliphatic carbocycles. The van der Waals surface area contributed by atoms with Crippen molar-refractivity contribution in [1.82, 2.24) is 14.7 Å². The molecule has 1 amide bonds. The van der Waals surface area contributed by atoms with Crippen LogP contribution < -0.4 is 5.56 Å². The molecule has 0 N–H and O–H groups in total. The molecule has 1 aliphatic rings. The van der Waals surface area contributed by atoms with E-state index in [0.29, 0.717) is 29.5 Å². The number of likely N-dealkylation sites (tertiary alicyclic amines) is 1. The molecule has 1 atom stereocenters. The Labute approximate surface area is 180 Å². The Balaban J connectivity index is 1.66. The predicted molar refractivity (Wildman–Crippen MR) is 117 cm³/mol. The van der Waals surface area contributed by atoms with E-state index in [9.17, 15) is 14.4 Å². The minimum atomic E-state index is -0.928. The van der Waals surface area contributed by atoms with Crippen molar-refractivity contribution in [2.24, 2.45) is 0 Å². The van der Waals surface area contributed by atoms with Crippen LogP contribution in [0, 0.1) is 0 Å². The van der Waals surface area contributed by atoms with Gasteiger partial charge in [0, 0.05) is 18.5 Å². The summed E-state index contributed by atoms with van der Waals surface area (Å²) in [6, 6.07) is 15.7. The smallest absolute Gasteiger partial charge is 0.360 e. The minimum absolute atomic E-state index is 0.00886. The Morgan fingerprint density at radius 1 is 0.903 bits per heavy atom. The van der Waals surface area contributed by atoms with Crippen LogP contribution in [-0.2, 0) is 9.53 Å². The van der Waals surface area contributed by atoms with E-state index >= 15 is 0 Å². The minimum Gasteiger partial charge on any atom is -0.448 e. The van der Waals surface area contributed by atoms with Gasteiger partial charge in [0.15, 0.2) is 11.8 Å². The summed E-state index contributed by atoms with van der Waals surface area (Å²) in [4.78, 5) is 40.6. The number of hydrogen-bond donors (Lipinski definition) is 0. The Hall–Kier alpha value is -3.48. The highest BCUT2D eigenvalue weighted by atomic mass is 16.5. The van der Waals surface area contributed by atoms with Crippen LogP contribution in [0.25, 0.3) is 16.5 Å². The maximum Gasteiger partial charge on any atom is 0.360 e. The summed E-state index contributed by atoms with van der Waals surface area (Å²) in [5.74, 6) is -0.924. The number of carbonyl (C=O) groups excluding carboxylic acids is 2. The zero-order chi connectivity index (χ0) is 21.8. The van der Waals surface area contributed by atoms with Crippen LogP contribution in [0.2, 0.25) is 0 Å². The fraction of sp³-hybridized carbons (Fsp3) is 0.333. The summed E-state index contributed by atoms with van der Waals surface area (Å²) in [5, 5.41) is 5.08.